The second-order valence-electron chi connectivity index (χ2n) is 4.35. The molecule has 2 rings (SSSR count). The molecule has 1 N–H and O–H groups in total. The van der Waals surface area contributed by atoms with Crippen molar-refractivity contribution < 1.29 is 14.1 Å². The molecule has 0 atom stereocenters. The summed E-state index contributed by atoms with van der Waals surface area (Å²) in [5.41, 5.74) is 0.926. The van der Waals surface area contributed by atoms with Crippen LogP contribution < -0.4 is 10.1 Å². The maximum atomic E-state index is 13.5. The van der Waals surface area contributed by atoms with Crippen molar-refractivity contribution >= 4 is 11.4 Å². The number of nitrogens with zero attached hydrogens (tertiary/aromatic N) is 1. The van der Waals surface area contributed by atoms with Crippen molar-refractivity contribution in [3.8, 4) is 5.75 Å². The van der Waals surface area contributed by atoms with Crippen LogP contribution in [0, 0.1) is 15.9 Å². The summed E-state index contributed by atoms with van der Waals surface area (Å²) in [5.74, 6) is 0.0863. The lowest BCUT2D eigenvalue weighted by atomic mass is 10.2. The first-order valence-electron chi connectivity index (χ1n) is 6.49. The predicted molar refractivity (Wildman–Crippen MR) is 78.0 cm³/mol. The Hall–Kier alpha value is -2.63. The van der Waals surface area contributed by atoms with Gasteiger partial charge in [-0.15, -0.1) is 0 Å². The Morgan fingerprint density at radius 1 is 1.29 bits per heavy atom. The van der Waals surface area contributed by atoms with E-state index < -0.39 is 4.92 Å². The molecule has 2 aromatic rings. The summed E-state index contributed by atoms with van der Waals surface area (Å²) in [5, 5.41) is 13.9. The zero-order valence-corrected chi connectivity index (χ0v) is 11.5. The van der Waals surface area contributed by atoms with Gasteiger partial charge in [0.2, 0.25) is 0 Å². The second-order valence-corrected chi connectivity index (χ2v) is 4.35. The third-order valence-corrected chi connectivity index (χ3v) is 2.85. The van der Waals surface area contributed by atoms with Crippen LogP contribution in [0.3, 0.4) is 0 Å². The van der Waals surface area contributed by atoms with Gasteiger partial charge in [0.15, 0.2) is 0 Å². The number of hydrogen-bond acceptors (Lipinski definition) is 4. The molecule has 0 saturated carbocycles. The number of nitrogens with one attached hydrogen (secondary N) is 1. The first kappa shape index (κ1) is 14.8. The molecular weight excluding hydrogens is 275 g/mol. The Bertz CT molecular complexity index is 647. The van der Waals surface area contributed by atoms with Crippen LogP contribution in [0.25, 0.3) is 0 Å². The van der Waals surface area contributed by atoms with Gasteiger partial charge in [0, 0.05) is 29.9 Å². The van der Waals surface area contributed by atoms with E-state index in [4.69, 9.17) is 4.74 Å². The number of halogens is 1. The van der Waals surface area contributed by atoms with Crippen LogP contribution in [0.1, 0.15) is 12.5 Å². The van der Waals surface area contributed by atoms with Gasteiger partial charge in [0.1, 0.15) is 11.6 Å². The lowest BCUT2D eigenvalue weighted by Crippen LogP contribution is -2.03. The Kier molecular flexibility index (Phi) is 4.71. The van der Waals surface area contributed by atoms with Crippen LogP contribution in [0.4, 0.5) is 15.8 Å². The van der Waals surface area contributed by atoms with E-state index in [0.717, 1.165) is 0 Å². The highest BCUT2D eigenvalue weighted by molar-refractivity contribution is 5.56. The molecule has 0 amide bonds. The standard InChI is InChI=1S/C15H15FN2O3/c1-2-21-14-8-12(7-13(9-14)18(19)20)17-10-11-5-3-4-6-15(11)16/h3-9,17H,2,10H2,1H3. The molecule has 6 heteroatoms. The van der Waals surface area contributed by atoms with E-state index in [9.17, 15) is 14.5 Å². The summed E-state index contributed by atoms with van der Waals surface area (Å²) in [4.78, 5) is 10.4. The van der Waals surface area contributed by atoms with E-state index in [1.54, 1.807) is 31.2 Å². The molecule has 0 saturated heterocycles. The molecule has 0 heterocycles. The fraction of sp³-hybridized carbons (Fsp3) is 0.200. The van der Waals surface area contributed by atoms with E-state index in [2.05, 4.69) is 5.32 Å². The molecule has 0 aromatic heterocycles. The maximum Gasteiger partial charge on any atom is 0.275 e. The van der Waals surface area contributed by atoms with Crippen molar-refractivity contribution in [3.05, 3.63) is 64.0 Å². The minimum absolute atomic E-state index is 0.0722. The highest BCUT2D eigenvalue weighted by atomic mass is 19.1. The summed E-state index contributed by atoms with van der Waals surface area (Å²) in [6.07, 6.45) is 0. The smallest absolute Gasteiger partial charge is 0.275 e. The maximum absolute atomic E-state index is 13.5. The van der Waals surface area contributed by atoms with Gasteiger partial charge in [0.05, 0.1) is 17.6 Å². The van der Waals surface area contributed by atoms with Crippen LogP contribution in [0.15, 0.2) is 42.5 Å². The molecule has 0 spiro atoms. The van der Waals surface area contributed by atoms with E-state index >= 15 is 0 Å². The molecule has 0 fully saturated rings. The highest BCUT2D eigenvalue weighted by Gasteiger charge is 2.11. The summed E-state index contributed by atoms with van der Waals surface area (Å²) in [6.45, 7) is 2.44. The van der Waals surface area contributed by atoms with Gasteiger partial charge in [-0.25, -0.2) is 4.39 Å². The lowest BCUT2D eigenvalue weighted by molar-refractivity contribution is -0.384. The highest BCUT2D eigenvalue weighted by Crippen LogP contribution is 2.26. The Labute approximate surface area is 121 Å². The van der Waals surface area contributed by atoms with Crippen LogP contribution in [-0.4, -0.2) is 11.5 Å². The van der Waals surface area contributed by atoms with Crippen molar-refractivity contribution in [3.63, 3.8) is 0 Å². The minimum atomic E-state index is -0.489. The minimum Gasteiger partial charge on any atom is -0.494 e. The van der Waals surface area contributed by atoms with Gasteiger partial charge in [-0.2, -0.15) is 0 Å². The fourth-order valence-corrected chi connectivity index (χ4v) is 1.88. The fourth-order valence-electron chi connectivity index (χ4n) is 1.88. The number of hydrogen-bond donors (Lipinski definition) is 1. The van der Waals surface area contributed by atoms with Crippen molar-refractivity contribution in [2.24, 2.45) is 0 Å². The number of non-ortho nitro benzene ring substituents is 1. The van der Waals surface area contributed by atoms with Gasteiger partial charge in [-0.1, -0.05) is 18.2 Å². The Morgan fingerprint density at radius 3 is 2.71 bits per heavy atom. The number of rotatable bonds is 6. The monoisotopic (exact) mass is 290 g/mol. The van der Waals surface area contributed by atoms with Gasteiger partial charge in [-0.05, 0) is 13.0 Å². The zero-order valence-electron chi connectivity index (χ0n) is 11.5. The number of nitro groups is 1. The summed E-state index contributed by atoms with van der Waals surface area (Å²) < 4.78 is 18.8. The quantitative estimate of drug-likeness (QED) is 0.650. The molecule has 2 aromatic carbocycles. The molecule has 0 aliphatic rings. The molecular formula is C15H15FN2O3. The zero-order chi connectivity index (χ0) is 15.2. The average molecular weight is 290 g/mol. The van der Waals surface area contributed by atoms with E-state index in [0.29, 0.717) is 23.6 Å². The van der Waals surface area contributed by atoms with Crippen molar-refractivity contribution in [1.82, 2.24) is 0 Å². The number of nitro benzene ring substituents is 1. The first-order valence-corrected chi connectivity index (χ1v) is 6.49. The molecule has 0 unspecified atom stereocenters. The summed E-state index contributed by atoms with van der Waals surface area (Å²) in [7, 11) is 0. The van der Waals surface area contributed by atoms with E-state index in [1.807, 2.05) is 0 Å². The van der Waals surface area contributed by atoms with Crippen LogP contribution in [0.5, 0.6) is 5.75 Å². The number of benzene rings is 2. The van der Waals surface area contributed by atoms with Crippen LogP contribution >= 0.6 is 0 Å². The molecule has 21 heavy (non-hydrogen) atoms. The number of ether oxygens (including phenoxy) is 1. The summed E-state index contributed by atoms with van der Waals surface area (Å²) in [6, 6.07) is 10.8. The first-order chi connectivity index (χ1) is 10.1. The van der Waals surface area contributed by atoms with E-state index in [1.165, 1.54) is 18.2 Å². The molecule has 0 aliphatic heterocycles. The molecule has 0 radical (unpaired) electrons. The third kappa shape index (κ3) is 3.92. The Morgan fingerprint density at radius 2 is 2.05 bits per heavy atom. The number of anilines is 1. The van der Waals surface area contributed by atoms with Gasteiger partial charge in [0.25, 0.3) is 5.69 Å². The van der Waals surface area contributed by atoms with Gasteiger partial charge in [-0.3, -0.25) is 10.1 Å². The predicted octanol–water partition coefficient (Wildman–Crippen LogP) is 3.74. The van der Waals surface area contributed by atoms with Crippen molar-refractivity contribution in [2.75, 3.05) is 11.9 Å². The molecule has 0 bridgehead atoms. The van der Waals surface area contributed by atoms with Gasteiger partial charge >= 0.3 is 0 Å². The van der Waals surface area contributed by atoms with Crippen LogP contribution in [0.2, 0.25) is 0 Å². The normalized spacial score (nSPS) is 10.2. The van der Waals surface area contributed by atoms with Crippen molar-refractivity contribution in [2.45, 2.75) is 13.5 Å². The van der Waals surface area contributed by atoms with E-state index in [-0.39, 0.29) is 18.0 Å². The molecule has 5 nitrogen and oxygen atoms in total. The average Bonchev–Trinajstić information content (AvgIpc) is 2.46. The second kappa shape index (κ2) is 6.69. The van der Waals surface area contributed by atoms with Crippen molar-refractivity contribution in [1.29, 1.82) is 0 Å². The van der Waals surface area contributed by atoms with Crippen LogP contribution in [-0.2, 0) is 6.54 Å². The third-order valence-electron chi connectivity index (χ3n) is 2.85. The summed E-state index contributed by atoms with van der Waals surface area (Å²) >= 11 is 0. The topological polar surface area (TPSA) is 64.4 Å². The largest absolute Gasteiger partial charge is 0.494 e. The molecule has 110 valence electrons. The van der Waals surface area contributed by atoms with Gasteiger partial charge < -0.3 is 10.1 Å². The SMILES string of the molecule is CCOc1cc(NCc2ccccc2F)cc([N+](=O)[O-])c1. The Balaban J connectivity index is 2.19. The molecule has 0 aliphatic carbocycles. The lowest BCUT2D eigenvalue weighted by Gasteiger charge is -2.10.